The highest BCUT2D eigenvalue weighted by molar-refractivity contribution is 6.81. The van der Waals surface area contributed by atoms with Gasteiger partial charge >= 0.3 is 0 Å². The normalized spacial score (nSPS) is 11.2. The molecule has 0 aromatic heterocycles. The van der Waals surface area contributed by atoms with Gasteiger partial charge in [-0.25, -0.2) is 0 Å². The Balaban J connectivity index is 2.08. The van der Waals surface area contributed by atoms with Crippen LogP contribution in [-0.4, -0.2) is 19.2 Å². The molecule has 0 aliphatic rings. The zero-order valence-electron chi connectivity index (χ0n) is 11.4. The zero-order chi connectivity index (χ0) is 14.5. The van der Waals surface area contributed by atoms with Gasteiger partial charge in [-0.2, -0.15) is 5.10 Å². The SMILES string of the molecule is B/C(=N\Nc1ccc(Cl)cc1)C(=O)c1ccc(C)cc1. The number of benzene rings is 2. The van der Waals surface area contributed by atoms with Crippen molar-refractivity contribution in [2.75, 3.05) is 5.43 Å². The fraction of sp³-hybridized carbons (Fsp3) is 0.0667. The van der Waals surface area contributed by atoms with Crippen LogP contribution in [0.4, 0.5) is 5.69 Å². The molecule has 0 heterocycles. The molecule has 2 rings (SSSR count). The van der Waals surface area contributed by atoms with Crippen molar-refractivity contribution in [2.24, 2.45) is 5.10 Å². The smallest absolute Gasteiger partial charge is 0.198 e. The molecule has 100 valence electrons. The Hall–Kier alpha value is -2.07. The molecule has 0 bridgehead atoms. The molecule has 2 aromatic carbocycles. The van der Waals surface area contributed by atoms with Crippen molar-refractivity contribution >= 4 is 36.5 Å². The molecule has 0 spiro atoms. The van der Waals surface area contributed by atoms with Crippen LogP contribution in [0, 0.1) is 6.92 Å². The number of rotatable bonds is 4. The molecule has 0 radical (unpaired) electrons. The van der Waals surface area contributed by atoms with Gasteiger partial charge < -0.3 is 0 Å². The van der Waals surface area contributed by atoms with E-state index in [0.717, 1.165) is 11.3 Å². The maximum atomic E-state index is 12.1. The third-order valence-corrected chi connectivity index (χ3v) is 3.09. The van der Waals surface area contributed by atoms with Crippen molar-refractivity contribution in [1.29, 1.82) is 0 Å². The van der Waals surface area contributed by atoms with E-state index in [-0.39, 0.29) is 5.78 Å². The first-order valence-corrected chi connectivity index (χ1v) is 6.61. The Morgan fingerprint density at radius 1 is 1.10 bits per heavy atom. The molecule has 2 aromatic rings. The minimum atomic E-state index is -0.0912. The van der Waals surface area contributed by atoms with Crippen molar-refractivity contribution in [3.05, 3.63) is 64.7 Å². The number of aryl methyl sites for hydroxylation is 1. The summed E-state index contributed by atoms with van der Waals surface area (Å²) in [5.74, 6) is -0.0912. The lowest BCUT2D eigenvalue weighted by Crippen LogP contribution is -2.16. The van der Waals surface area contributed by atoms with Gasteiger partial charge in [-0.3, -0.25) is 10.2 Å². The Morgan fingerprint density at radius 3 is 2.30 bits per heavy atom. The van der Waals surface area contributed by atoms with E-state index in [9.17, 15) is 4.79 Å². The largest absolute Gasteiger partial charge is 0.288 e. The van der Waals surface area contributed by atoms with Crippen molar-refractivity contribution in [3.8, 4) is 0 Å². The van der Waals surface area contributed by atoms with Gasteiger partial charge in [0.25, 0.3) is 0 Å². The number of carbonyl (C=O) groups is 1. The van der Waals surface area contributed by atoms with E-state index >= 15 is 0 Å². The highest BCUT2D eigenvalue weighted by Gasteiger charge is 2.08. The molecule has 0 aliphatic heterocycles. The van der Waals surface area contributed by atoms with E-state index in [1.54, 1.807) is 44.2 Å². The monoisotopic (exact) mass is 284 g/mol. The van der Waals surface area contributed by atoms with Gasteiger partial charge in [0.15, 0.2) is 13.6 Å². The summed E-state index contributed by atoms with van der Waals surface area (Å²) in [5.41, 5.74) is 5.79. The van der Waals surface area contributed by atoms with Gasteiger partial charge in [-0.05, 0) is 31.2 Å². The van der Waals surface area contributed by atoms with Crippen molar-refractivity contribution in [3.63, 3.8) is 0 Å². The molecule has 0 saturated carbocycles. The zero-order valence-corrected chi connectivity index (χ0v) is 12.1. The standard InChI is InChI=1S/C15H14BClN2O/c1-10-2-4-11(5-3-10)14(20)15(16)19-18-13-8-6-12(17)7-9-13/h2-9,18H,16H2,1H3/b19-15-. The summed E-state index contributed by atoms with van der Waals surface area (Å²) in [6.45, 7) is 1.98. The average molecular weight is 285 g/mol. The second kappa shape index (κ2) is 6.39. The molecule has 0 unspecified atom stereocenters. The van der Waals surface area contributed by atoms with Gasteiger partial charge in [0.2, 0.25) is 0 Å². The van der Waals surface area contributed by atoms with Crippen LogP contribution in [0.15, 0.2) is 53.6 Å². The third kappa shape index (κ3) is 3.71. The fourth-order valence-corrected chi connectivity index (χ4v) is 1.76. The number of nitrogens with one attached hydrogen (secondary N) is 1. The van der Waals surface area contributed by atoms with Crippen LogP contribution < -0.4 is 5.43 Å². The summed E-state index contributed by atoms with van der Waals surface area (Å²) >= 11 is 5.80. The van der Waals surface area contributed by atoms with E-state index in [4.69, 9.17) is 11.6 Å². The maximum Gasteiger partial charge on any atom is 0.198 e. The molecule has 5 heteroatoms. The fourth-order valence-electron chi connectivity index (χ4n) is 1.64. The quantitative estimate of drug-likeness (QED) is 0.406. The molecule has 0 fully saturated rings. The van der Waals surface area contributed by atoms with Crippen LogP contribution in [0.25, 0.3) is 0 Å². The Labute approximate surface area is 124 Å². The van der Waals surface area contributed by atoms with E-state index in [2.05, 4.69) is 10.5 Å². The summed E-state index contributed by atoms with van der Waals surface area (Å²) in [6, 6.07) is 14.6. The Kier molecular flexibility index (Phi) is 4.59. The van der Waals surface area contributed by atoms with Crippen molar-refractivity contribution in [2.45, 2.75) is 6.92 Å². The molecule has 0 atom stereocenters. The van der Waals surface area contributed by atoms with Gasteiger partial charge in [0.05, 0.1) is 11.3 Å². The number of hydrogen-bond donors (Lipinski definition) is 1. The lowest BCUT2D eigenvalue weighted by atomic mass is 9.92. The predicted octanol–water partition coefficient (Wildman–Crippen LogP) is 2.89. The predicted molar refractivity (Wildman–Crippen MR) is 86.6 cm³/mol. The van der Waals surface area contributed by atoms with Crippen molar-refractivity contribution in [1.82, 2.24) is 0 Å². The minimum absolute atomic E-state index is 0.0912. The first kappa shape index (κ1) is 14.3. The van der Waals surface area contributed by atoms with E-state index in [0.29, 0.717) is 16.2 Å². The topological polar surface area (TPSA) is 41.5 Å². The maximum absolute atomic E-state index is 12.1. The number of hydrazone groups is 1. The highest BCUT2D eigenvalue weighted by Crippen LogP contribution is 2.13. The minimum Gasteiger partial charge on any atom is -0.288 e. The van der Waals surface area contributed by atoms with Crippen LogP contribution in [0.5, 0.6) is 0 Å². The molecule has 0 amide bonds. The Morgan fingerprint density at radius 2 is 1.70 bits per heavy atom. The van der Waals surface area contributed by atoms with Gasteiger partial charge in [0.1, 0.15) is 0 Å². The number of carbonyl (C=O) groups excluding carboxylic acids is 1. The summed E-state index contributed by atoms with van der Waals surface area (Å²) in [4.78, 5) is 12.1. The van der Waals surface area contributed by atoms with E-state index in [1.165, 1.54) is 0 Å². The number of Topliss-reactive ketones (excluding diaryl/α,β-unsaturated/α-hetero) is 1. The first-order chi connectivity index (χ1) is 9.56. The second-order valence-corrected chi connectivity index (χ2v) is 4.95. The van der Waals surface area contributed by atoms with E-state index < -0.39 is 0 Å². The van der Waals surface area contributed by atoms with Crippen molar-refractivity contribution < 1.29 is 4.79 Å². The summed E-state index contributed by atoms with van der Waals surface area (Å²) < 4.78 is 0. The molecular weight excluding hydrogens is 270 g/mol. The van der Waals surface area contributed by atoms with Gasteiger partial charge in [0, 0.05) is 10.6 Å². The van der Waals surface area contributed by atoms with Gasteiger partial charge in [-0.1, -0.05) is 41.4 Å². The number of hydrogen-bond acceptors (Lipinski definition) is 3. The van der Waals surface area contributed by atoms with E-state index in [1.807, 2.05) is 19.1 Å². The summed E-state index contributed by atoms with van der Waals surface area (Å²) in [5, 5.41) is 4.76. The number of ketones is 1. The number of anilines is 1. The molecule has 20 heavy (non-hydrogen) atoms. The van der Waals surface area contributed by atoms with Gasteiger partial charge in [-0.15, -0.1) is 0 Å². The van der Waals surface area contributed by atoms with Crippen LogP contribution in [0.1, 0.15) is 15.9 Å². The lowest BCUT2D eigenvalue weighted by Gasteiger charge is -2.04. The highest BCUT2D eigenvalue weighted by atomic mass is 35.5. The molecule has 0 aliphatic carbocycles. The van der Waals surface area contributed by atoms with Crippen LogP contribution >= 0.6 is 11.6 Å². The van der Waals surface area contributed by atoms with Crippen LogP contribution in [0.2, 0.25) is 5.02 Å². The molecule has 0 saturated heterocycles. The van der Waals surface area contributed by atoms with Crippen LogP contribution in [0.3, 0.4) is 0 Å². The number of nitrogens with zero attached hydrogens (tertiary/aromatic N) is 1. The number of halogens is 1. The molecule has 3 nitrogen and oxygen atoms in total. The first-order valence-electron chi connectivity index (χ1n) is 6.23. The average Bonchev–Trinajstić information content (AvgIpc) is 2.46. The Bertz CT molecular complexity index is 636. The lowest BCUT2D eigenvalue weighted by molar-refractivity contribution is 0.106. The second-order valence-electron chi connectivity index (χ2n) is 4.51. The third-order valence-electron chi connectivity index (χ3n) is 2.84. The van der Waals surface area contributed by atoms with Crippen LogP contribution in [-0.2, 0) is 0 Å². The summed E-state index contributed by atoms with van der Waals surface area (Å²) in [6.07, 6.45) is 0. The molecule has 1 N–H and O–H groups in total. The summed E-state index contributed by atoms with van der Waals surface area (Å²) in [7, 11) is 1.69. The molecular formula is C15H14BClN2O.